The fourth-order valence-electron chi connectivity index (χ4n) is 4.11. The van der Waals surface area contributed by atoms with Crippen molar-refractivity contribution in [3.63, 3.8) is 0 Å². The first-order chi connectivity index (χ1) is 10.7. The van der Waals surface area contributed by atoms with Crippen LogP contribution in [0.25, 0.3) is 0 Å². The van der Waals surface area contributed by atoms with Crippen LogP contribution >= 0.6 is 0 Å². The van der Waals surface area contributed by atoms with Gasteiger partial charge in [-0.15, -0.1) is 0 Å². The second-order valence-electron chi connectivity index (χ2n) is 7.15. The summed E-state index contributed by atoms with van der Waals surface area (Å²) >= 11 is 0. The van der Waals surface area contributed by atoms with Gasteiger partial charge < -0.3 is 5.11 Å². The maximum atomic E-state index is 10.2. The Kier molecular flexibility index (Phi) is 7.68. The van der Waals surface area contributed by atoms with E-state index in [-0.39, 0.29) is 6.10 Å². The summed E-state index contributed by atoms with van der Waals surface area (Å²) in [4.78, 5) is 2.59. The van der Waals surface area contributed by atoms with Crippen LogP contribution in [-0.4, -0.2) is 34.2 Å². The molecule has 1 N–H and O–H groups in total. The molecule has 0 saturated carbocycles. The van der Waals surface area contributed by atoms with Crippen molar-refractivity contribution in [2.75, 3.05) is 0 Å². The lowest BCUT2D eigenvalue weighted by atomic mass is 9.84. The number of hydrogen-bond donors (Lipinski definition) is 1. The quantitative estimate of drug-likeness (QED) is 0.537. The molecule has 2 aliphatic heterocycles. The van der Waals surface area contributed by atoms with Crippen LogP contribution in [0.15, 0.2) is 24.3 Å². The molecule has 2 rings (SSSR count). The van der Waals surface area contributed by atoms with E-state index in [1.54, 1.807) is 0 Å². The number of piperidine rings is 2. The third kappa shape index (κ3) is 4.96. The SMILES string of the molecule is CCCCCC/C=C/C=C/[C@H]1CCC[C@@H]2CC[C@H](O)[C@@H](C)N21. The van der Waals surface area contributed by atoms with Crippen LogP contribution in [0.1, 0.15) is 78.1 Å². The van der Waals surface area contributed by atoms with Crippen LogP contribution in [-0.2, 0) is 0 Å². The summed E-state index contributed by atoms with van der Waals surface area (Å²) in [6.45, 7) is 4.46. The van der Waals surface area contributed by atoms with Crippen molar-refractivity contribution < 1.29 is 5.11 Å². The first-order valence-corrected chi connectivity index (χ1v) is 9.53. The smallest absolute Gasteiger partial charge is 0.0693 e. The lowest BCUT2D eigenvalue weighted by molar-refractivity contribution is -0.0460. The van der Waals surface area contributed by atoms with Gasteiger partial charge in [0.2, 0.25) is 0 Å². The number of aliphatic hydroxyl groups excluding tert-OH is 1. The number of fused-ring (bicyclic) bond motifs is 1. The molecule has 0 bridgehead atoms. The van der Waals surface area contributed by atoms with E-state index in [1.165, 1.54) is 57.8 Å². The minimum atomic E-state index is -0.139. The maximum absolute atomic E-state index is 10.2. The third-order valence-corrected chi connectivity index (χ3v) is 5.47. The van der Waals surface area contributed by atoms with Crippen LogP contribution in [0, 0.1) is 0 Å². The molecule has 2 fully saturated rings. The van der Waals surface area contributed by atoms with Crippen LogP contribution in [0.5, 0.6) is 0 Å². The van der Waals surface area contributed by atoms with Crippen LogP contribution in [0.4, 0.5) is 0 Å². The molecule has 2 saturated heterocycles. The Balaban J connectivity index is 1.80. The van der Waals surface area contributed by atoms with Gasteiger partial charge in [0.25, 0.3) is 0 Å². The lowest BCUT2D eigenvalue weighted by Gasteiger charge is -2.49. The van der Waals surface area contributed by atoms with Gasteiger partial charge in [-0.2, -0.15) is 0 Å². The molecule has 0 aliphatic carbocycles. The molecule has 0 aromatic carbocycles. The van der Waals surface area contributed by atoms with E-state index in [4.69, 9.17) is 0 Å². The Morgan fingerprint density at radius 2 is 1.91 bits per heavy atom. The Bertz CT molecular complexity index is 361. The highest BCUT2D eigenvalue weighted by atomic mass is 16.3. The summed E-state index contributed by atoms with van der Waals surface area (Å²) in [6.07, 6.45) is 21.6. The molecule has 0 amide bonds. The topological polar surface area (TPSA) is 23.5 Å². The summed E-state index contributed by atoms with van der Waals surface area (Å²) in [6, 6.07) is 1.53. The Morgan fingerprint density at radius 1 is 1.05 bits per heavy atom. The summed E-state index contributed by atoms with van der Waals surface area (Å²) in [5.41, 5.74) is 0. The zero-order valence-corrected chi connectivity index (χ0v) is 14.6. The predicted molar refractivity (Wildman–Crippen MR) is 95.0 cm³/mol. The monoisotopic (exact) mass is 305 g/mol. The van der Waals surface area contributed by atoms with E-state index in [2.05, 4.69) is 43.1 Å². The Hall–Kier alpha value is -0.600. The normalized spacial score (nSPS) is 33.6. The Labute approximate surface area is 137 Å². The molecular formula is C20H35NO. The fraction of sp³-hybridized carbons (Fsp3) is 0.800. The number of rotatable bonds is 7. The number of allylic oxidation sites excluding steroid dienone is 3. The largest absolute Gasteiger partial charge is 0.392 e. The zero-order valence-electron chi connectivity index (χ0n) is 14.6. The minimum Gasteiger partial charge on any atom is -0.392 e. The van der Waals surface area contributed by atoms with Gasteiger partial charge in [-0.25, -0.2) is 0 Å². The number of aliphatic hydroxyl groups is 1. The molecule has 22 heavy (non-hydrogen) atoms. The second kappa shape index (κ2) is 9.52. The van der Waals surface area contributed by atoms with Gasteiger partial charge in [-0.3, -0.25) is 4.90 Å². The van der Waals surface area contributed by atoms with Crippen molar-refractivity contribution in [1.82, 2.24) is 4.90 Å². The molecule has 2 aliphatic rings. The summed E-state index contributed by atoms with van der Waals surface area (Å²) in [7, 11) is 0. The molecule has 0 aromatic rings. The molecule has 0 unspecified atom stereocenters. The number of nitrogens with zero attached hydrogens (tertiary/aromatic N) is 1. The van der Waals surface area contributed by atoms with Crippen LogP contribution < -0.4 is 0 Å². The molecule has 2 heterocycles. The average molecular weight is 306 g/mol. The fourth-order valence-corrected chi connectivity index (χ4v) is 4.11. The maximum Gasteiger partial charge on any atom is 0.0693 e. The highest BCUT2D eigenvalue weighted by Gasteiger charge is 2.38. The summed E-state index contributed by atoms with van der Waals surface area (Å²) in [5, 5.41) is 10.2. The highest BCUT2D eigenvalue weighted by molar-refractivity contribution is 5.09. The van der Waals surface area contributed by atoms with Crippen molar-refractivity contribution in [2.24, 2.45) is 0 Å². The van der Waals surface area contributed by atoms with Crippen molar-refractivity contribution in [3.8, 4) is 0 Å². The zero-order chi connectivity index (χ0) is 15.8. The number of unbranched alkanes of at least 4 members (excludes halogenated alkanes) is 4. The van der Waals surface area contributed by atoms with Gasteiger partial charge in [-0.1, -0.05) is 56.9 Å². The molecule has 0 aromatic heterocycles. The van der Waals surface area contributed by atoms with E-state index in [0.717, 1.165) is 6.42 Å². The molecule has 0 spiro atoms. The summed E-state index contributed by atoms with van der Waals surface area (Å²) in [5.74, 6) is 0. The van der Waals surface area contributed by atoms with Gasteiger partial charge in [0.15, 0.2) is 0 Å². The molecule has 2 heteroatoms. The predicted octanol–water partition coefficient (Wildman–Crippen LogP) is 4.84. The standard InChI is InChI=1S/C20H35NO/c1-3-4-5-6-7-8-9-10-12-18-13-11-14-19-15-16-20(22)17(2)21(18)19/h8-10,12,17-20,22H,3-7,11,13-16H2,1-2H3/b9-8+,12-10+/t17-,18+,19-,20+/m1/s1. The van der Waals surface area contributed by atoms with Gasteiger partial charge in [-0.05, 0) is 45.4 Å². The molecule has 4 atom stereocenters. The number of hydrogen-bond acceptors (Lipinski definition) is 2. The van der Waals surface area contributed by atoms with E-state index >= 15 is 0 Å². The van der Waals surface area contributed by atoms with E-state index < -0.39 is 0 Å². The van der Waals surface area contributed by atoms with E-state index in [9.17, 15) is 5.11 Å². The molecule has 126 valence electrons. The van der Waals surface area contributed by atoms with Gasteiger partial charge in [0.1, 0.15) is 0 Å². The minimum absolute atomic E-state index is 0.139. The van der Waals surface area contributed by atoms with Crippen molar-refractivity contribution in [3.05, 3.63) is 24.3 Å². The molecular weight excluding hydrogens is 270 g/mol. The van der Waals surface area contributed by atoms with Crippen molar-refractivity contribution in [1.29, 1.82) is 0 Å². The first-order valence-electron chi connectivity index (χ1n) is 9.53. The van der Waals surface area contributed by atoms with Gasteiger partial charge in [0.05, 0.1) is 6.10 Å². The Morgan fingerprint density at radius 3 is 2.73 bits per heavy atom. The first kappa shape index (κ1) is 17.7. The average Bonchev–Trinajstić information content (AvgIpc) is 2.53. The summed E-state index contributed by atoms with van der Waals surface area (Å²) < 4.78 is 0. The third-order valence-electron chi connectivity index (χ3n) is 5.47. The van der Waals surface area contributed by atoms with Gasteiger partial charge in [0, 0.05) is 18.1 Å². The van der Waals surface area contributed by atoms with E-state index in [0.29, 0.717) is 18.1 Å². The van der Waals surface area contributed by atoms with Crippen molar-refractivity contribution >= 4 is 0 Å². The lowest BCUT2D eigenvalue weighted by Crippen LogP contribution is -2.57. The van der Waals surface area contributed by atoms with Crippen LogP contribution in [0.2, 0.25) is 0 Å². The molecule has 0 radical (unpaired) electrons. The van der Waals surface area contributed by atoms with Crippen LogP contribution in [0.3, 0.4) is 0 Å². The van der Waals surface area contributed by atoms with E-state index in [1.807, 2.05) is 0 Å². The van der Waals surface area contributed by atoms with Crippen molar-refractivity contribution in [2.45, 2.75) is 102 Å². The van der Waals surface area contributed by atoms with Gasteiger partial charge >= 0.3 is 0 Å². The molecule has 2 nitrogen and oxygen atoms in total. The highest BCUT2D eigenvalue weighted by Crippen LogP contribution is 2.34. The second-order valence-corrected chi connectivity index (χ2v) is 7.15.